The summed E-state index contributed by atoms with van der Waals surface area (Å²) in [6.07, 6.45) is 11.0. The molecule has 0 aliphatic heterocycles. The Morgan fingerprint density at radius 1 is 0.947 bits per heavy atom. The van der Waals surface area contributed by atoms with Gasteiger partial charge in [0.1, 0.15) is 5.78 Å². The number of hydrogen-bond donors (Lipinski definition) is 0. The fourth-order valence-corrected chi connectivity index (χ4v) is 3.34. The van der Waals surface area contributed by atoms with Crippen molar-refractivity contribution in [3.05, 3.63) is 11.7 Å². The first-order valence-electron chi connectivity index (χ1n) is 7.71. The van der Waals surface area contributed by atoms with Crippen molar-refractivity contribution in [1.82, 2.24) is 10.1 Å². The van der Waals surface area contributed by atoms with Gasteiger partial charge in [-0.2, -0.15) is 4.98 Å². The maximum atomic E-state index is 12.1. The third kappa shape index (κ3) is 2.88. The normalized spacial score (nSPS) is 26.3. The van der Waals surface area contributed by atoms with Gasteiger partial charge in [0.25, 0.3) is 0 Å². The standard InChI is InChI=1S/C15H22N2O2/c18-13-10-6-2-5-9-12(13)15-16-14(17-19-15)11-7-3-1-4-8-11/h11-12H,1-10H2. The maximum absolute atomic E-state index is 12.1. The van der Waals surface area contributed by atoms with Crippen LogP contribution in [0.25, 0.3) is 0 Å². The second-order valence-corrected chi connectivity index (χ2v) is 5.94. The Balaban J connectivity index is 1.74. The molecular weight excluding hydrogens is 240 g/mol. The molecule has 0 N–H and O–H groups in total. The van der Waals surface area contributed by atoms with Crippen LogP contribution >= 0.6 is 0 Å². The van der Waals surface area contributed by atoms with Gasteiger partial charge in [0.15, 0.2) is 5.82 Å². The van der Waals surface area contributed by atoms with Crippen molar-refractivity contribution >= 4 is 5.78 Å². The number of Topliss-reactive ketones (excluding diaryl/α,β-unsaturated/α-hetero) is 1. The monoisotopic (exact) mass is 262 g/mol. The van der Waals surface area contributed by atoms with E-state index in [4.69, 9.17) is 4.52 Å². The Bertz CT molecular complexity index is 435. The fourth-order valence-electron chi connectivity index (χ4n) is 3.34. The molecule has 1 heterocycles. The van der Waals surface area contributed by atoms with Gasteiger partial charge in [0.2, 0.25) is 5.89 Å². The molecule has 2 saturated carbocycles. The second kappa shape index (κ2) is 5.85. The molecule has 2 fully saturated rings. The van der Waals surface area contributed by atoms with Crippen molar-refractivity contribution in [2.24, 2.45) is 0 Å². The highest BCUT2D eigenvalue weighted by molar-refractivity contribution is 5.84. The van der Waals surface area contributed by atoms with Gasteiger partial charge in [-0.05, 0) is 25.7 Å². The minimum atomic E-state index is -0.132. The van der Waals surface area contributed by atoms with Crippen LogP contribution in [0, 0.1) is 0 Å². The molecule has 4 heteroatoms. The van der Waals surface area contributed by atoms with Crippen LogP contribution in [0.4, 0.5) is 0 Å². The summed E-state index contributed by atoms with van der Waals surface area (Å²) in [7, 11) is 0. The lowest BCUT2D eigenvalue weighted by Gasteiger charge is -2.17. The highest BCUT2D eigenvalue weighted by Crippen LogP contribution is 2.33. The van der Waals surface area contributed by atoms with E-state index in [1.807, 2.05) is 0 Å². The quantitative estimate of drug-likeness (QED) is 0.762. The number of carbonyl (C=O) groups is 1. The molecule has 0 radical (unpaired) electrons. The Labute approximate surface area is 114 Å². The summed E-state index contributed by atoms with van der Waals surface area (Å²) in [5, 5.41) is 4.14. The topological polar surface area (TPSA) is 56.0 Å². The SMILES string of the molecule is O=C1CCCCCC1c1nc(C2CCCCC2)no1. The second-order valence-electron chi connectivity index (χ2n) is 5.94. The minimum Gasteiger partial charge on any atom is -0.339 e. The van der Waals surface area contributed by atoms with Crippen molar-refractivity contribution in [2.45, 2.75) is 76.0 Å². The Hall–Kier alpha value is -1.19. The largest absolute Gasteiger partial charge is 0.339 e. The summed E-state index contributed by atoms with van der Waals surface area (Å²) in [6.45, 7) is 0. The minimum absolute atomic E-state index is 0.132. The highest BCUT2D eigenvalue weighted by atomic mass is 16.5. The van der Waals surface area contributed by atoms with Crippen LogP contribution in [0.5, 0.6) is 0 Å². The maximum Gasteiger partial charge on any atom is 0.237 e. The summed E-state index contributed by atoms with van der Waals surface area (Å²) in [5.41, 5.74) is 0. The lowest BCUT2D eigenvalue weighted by Crippen LogP contribution is -2.11. The lowest BCUT2D eigenvalue weighted by atomic mass is 9.89. The molecule has 0 aromatic carbocycles. The Morgan fingerprint density at radius 3 is 2.53 bits per heavy atom. The summed E-state index contributed by atoms with van der Waals surface area (Å²) in [5.74, 6) is 2.02. The van der Waals surface area contributed by atoms with Gasteiger partial charge in [0, 0.05) is 12.3 Å². The van der Waals surface area contributed by atoms with Crippen LogP contribution < -0.4 is 0 Å². The number of aromatic nitrogens is 2. The van der Waals surface area contributed by atoms with Gasteiger partial charge in [-0.1, -0.05) is 37.3 Å². The molecule has 19 heavy (non-hydrogen) atoms. The first-order chi connectivity index (χ1) is 9.34. The number of carbonyl (C=O) groups excluding carboxylic acids is 1. The number of nitrogens with zero attached hydrogens (tertiary/aromatic N) is 2. The predicted molar refractivity (Wildman–Crippen MR) is 71.0 cm³/mol. The molecule has 2 aliphatic carbocycles. The van der Waals surface area contributed by atoms with Crippen LogP contribution in [-0.4, -0.2) is 15.9 Å². The van der Waals surface area contributed by atoms with E-state index in [1.165, 1.54) is 19.3 Å². The van der Waals surface area contributed by atoms with Gasteiger partial charge < -0.3 is 4.52 Å². The zero-order chi connectivity index (χ0) is 13.1. The van der Waals surface area contributed by atoms with E-state index < -0.39 is 0 Å². The van der Waals surface area contributed by atoms with Gasteiger partial charge in [-0.15, -0.1) is 0 Å². The van der Waals surface area contributed by atoms with Crippen molar-refractivity contribution in [3.8, 4) is 0 Å². The predicted octanol–water partition coefficient (Wildman–Crippen LogP) is 3.73. The average Bonchev–Trinajstić information content (AvgIpc) is 2.83. The van der Waals surface area contributed by atoms with E-state index in [0.29, 0.717) is 18.2 Å². The van der Waals surface area contributed by atoms with Crippen molar-refractivity contribution < 1.29 is 9.32 Å². The van der Waals surface area contributed by atoms with Crippen LogP contribution in [0.2, 0.25) is 0 Å². The molecule has 0 bridgehead atoms. The third-order valence-corrected chi connectivity index (χ3v) is 4.53. The fraction of sp³-hybridized carbons (Fsp3) is 0.800. The first-order valence-corrected chi connectivity index (χ1v) is 7.71. The molecule has 1 unspecified atom stereocenters. The van der Waals surface area contributed by atoms with Crippen LogP contribution in [-0.2, 0) is 4.79 Å². The van der Waals surface area contributed by atoms with Crippen molar-refractivity contribution in [2.75, 3.05) is 0 Å². The van der Waals surface area contributed by atoms with E-state index in [1.54, 1.807) is 0 Å². The summed E-state index contributed by atoms with van der Waals surface area (Å²) < 4.78 is 5.40. The van der Waals surface area contributed by atoms with E-state index in [9.17, 15) is 4.79 Å². The zero-order valence-corrected chi connectivity index (χ0v) is 11.4. The molecule has 1 aromatic heterocycles. The molecule has 0 saturated heterocycles. The van der Waals surface area contributed by atoms with Crippen LogP contribution in [0.1, 0.15) is 87.8 Å². The summed E-state index contributed by atoms with van der Waals surface area (Å²) in [6, 6.07) is 0. The van der Waals surface area contributed by atoms with Gasteiger partial charge in [-0.3, -0.25) is 4.79 Å². The summed E-state index contributed by atoms with van der Waals surface area (Å²) in [4.78, 5) is 16.6. The molecule has 4 nitrogen and oxygen atoms in total. The zero-order valence-electron chi connectivity index (χ0n) is 11.4. The molecular formula is C15H22N2O2. The van der Waals surface area contributed by atoms with Crippen molar-refractivity contribution in [3.63, 3.8) is 0 Å². The highest BCUT2D eigenvalue weighted by Gasteiger charge is 2.29. The lowest BCUT2D eigenvalue weighted by molar-refractivity contribution is -0.120. The number of ketones is 1. The van der Waals surface area contributed by atoms with E-state index in [-0.39, 0.29) is 11.7 Å². The first kappa shape index (κ1) is 12.8. The Morgan fingerprint density at radius 2 is 1.68 bits per heavy atom. The van der Waals surface area contributed by atoms with Crippen LogP contribution in [0.3, 0.4) is 0 Å². The van der Waals surface area contributed by atoms with Crippen molar-refractivity contribution in [1.29, 1.82) is 0 Å². The van der Waals surface area contributed by atoms with E-state index in [0.717, 1.165) is 44.3 Å². The van der Waals surface area contributed by atoms with Gasteiger partial charge in [0.05, 0.1) is 5.92 Å². The van der Waals surface area contributed by atoms with Gasteiger partial charge in [-0.25, -0.2) is 0 Å². The smallest absolute Gasteiger partial charge is 0.237 e. The number of hydrogen-bond acceptors (Lipinski definition) is 4. The molecule has 0 spiro atoms. The molecule has 1 aromatic rings. The van der Waals surface area contributed by atoms with Crippen LogP contribution in [0.15, 0.2) is 4.52 Å². The Kier molecular flexibility index (Phi) is 3.95. The third-order valence-electron chi connectivity index (χ3n) is 4.53. The molecule has 0 amide bonds. The molecule has 1 atom stereocenters. The molecule has 104 valence electrons. The molecule has 3 rings (SSSR count). The van der Waals surface area contributed by atoms with E-state index in [2.05, 4.69) is 10.1 Å². The summed E-state index contributed by atoms with van der Waals surface area (Å²) >= 11 is 0. The molecule has 2 aliphatic rings. The van der Waals surface area contributed by atoms with E-state index >= 15 is 0 Å². The average molecular weight is 262 g/mol. The number of rotatable bonds is 2. The van der Waals surface area contributed by atoms with Gasteiger partial charge >= 0.3 is 0 Å².